The number of methoxy groups -OCH3 is 1. The van der Waals surface area contributed by atoms with E-state index in [0.717, 1.165) is 10.4 Å². The summed E-state index contributed by atoms with van der Waals surface area (Å²) in [5.41, 5.74) is 1.96. The first-order valence-electron chi connectivity index (χ1n) is 10.4. The van der Waals surface area contributed by atoms with Gasteiger partial charge in [-0.05, 0) is 48.1 Å². The molecule has 0 radical (unpaired) electrons. The number of ether oxygens (including phenoxy) is 2. The first kappa shape index (κ1) is 24.3. The fraction of sp³-hybridized carbons (Fsp3) is 0.217. The number of esters is 1. The second kappa shape index (κ2) is 10.6. The van der Waals surface area contributed by atoms with E-state index in [-0.39, 0.29) is 10.0 Å². The summed E-state index contributed by atoms with van der Waals surface area (Å²) in [4.78, 5) is 13.4. The number of sulfonamides is 1. The molecule has 0 spiro atoms. The molecule has 3 aromatic rings. The van der Waals surface area contributed by atoms with Gasteiger partial charge in [-0.1, -0.05) is 30.3 Å². The van der Waals surface area contributed by atoms with Crippen LogP contribution < -0.4 is 10.6 Å². The van der Waals surface area contributed by atoms with Gasteiger partial charge < -0.3 is 20.1 Å². The van der Waals surface area contributed by atoms with Gasteiger partial charge in [-0.15, -0.1) is 11.3 Å². The van der Waals surface area contributed by atoms with E-state index in [4.69, 9.17) is 21.7 Å². The number of hydrogen-bond acceptors (Lipinski definition) is 7. The van der Waals surface area contributed by atoms with Crippen molar-refractivity contribution in [2.45, 2.75) is 4.90 Å². The van der Waals surface area contributed by atoms with Gasteiger partial charge in [0.15, 0.2) is 5.11 Å². The van der Waals surface area contributed by atoms with Crippen molar-refractivity contribution in [1.82, 2.24) is 4.31 Å². The van der Waals surface area contributed by atoms with E-state index in [1.54, 1.807) is 18.2 Å². The second-order valence-electron chi connectivity index (χ2n) is 7.33. The average molecular weight is 518 g/mol. The predicted molar refractivity (Wildman–Crippen MR) is 137 cm³/mol. The normalized spacial score (nSPS) is 14.4. The molecule has 1 aromatic heterocycles. The van der Waals surface area contributed by atoms with Crippen molar-refractivity contribution >= 4 is 55.3 Å². The average Bonchev–Trinajstić information content (AvgIpc) is 3.28. The minimum absolute atomic E-state index is 0.206. The zero-order valence-corrected chi connectivity index (χ0v) is 20.8. The quantitative estimate of drug-likeness (QED) is 0.374. The summed E-state index contributed by atoms with van der Waals surface area (Å²) in [6.45, 7) is 1.46. The fourth-order valence-electron chi connectivity index (χ4n) is 3.40. The number of thiophene rings is 1. The van der Waals surface area contributed by atoms with Crippen LogP contribution in [0.4, 0.5) is 10.7 Å². The summed E-state index contributed by atoms with van der Waals surface area (Å²) >= 11 is 6.81. The van der Waals surface area contributed by atoms with E-state index in [2.05, 4.69) is 10.6 Å². The van der Waals surface area contributed by atoms with Crippen molar-refractivity contribution in [1.29, 1.82) is 0 Å². The Bertz CT molecular complexity index is 1270. The zero-order valence-electron chi connectivity index (χ0n) is 18.3. The van der Waals surface area contributed by atoms with Gasteiger partial charge in [-0.25, -0.2) is 13.2 Å². The molecule has 4 rings (SSSR count). The van der Waals surface area contributed by atoms with Crippen LogP contribution in [0, 0.1) is 0 Å². The minimum atomic E-state index is -3.57. The highest BCUT2D eigenvalue weighted by Crippen LogP contribution is 2.36. The summed E-state index contributed by atoms with van der Waals surface area (Å²) in [6.07, 6.45) is 0. The first-order chi connectivity index (χ1) is 16.4. The van der Waals surface area contributed by atoms with Crippen LogP contribution in [0.1, 0.15) is 10.4 Å². The maximum Gasteiger partial charge on any atom is 0.340 e. The summed E-state index contributed by atoms with van der Waals surface area (Å²) < 4.78 is 37.1. The van der Waals surface area contributed by atoms with Crippen molar-refractivity contribution < 1.29 is 22.7 Å². The van der Waals surface area contributed by atoms with E-state index in [0.29, 0.717) is 42.6 Å². The smallest absolute Gasteiger partial charge is 0.340 e. The summed E-state index contributed by atoms with van der Waals surface area (Å²) in [5, 5.41) is 6.90. The molecule has 0 aliphatic carbocycles. The highest BCUT2D eigenvalue weighted by atomic mass is 32.2. The van der Waals surface area contributed by atoms with Crippen LogP contribution in [0.5, 0.6) is 0 Å². The standard InChI is InChI=1S/C23H23N3O5S3/c1-30-22(27)19-15-20(16-5-3-2-4-6-16)33-21(19)25-23(32)24-17-7-9-18(10-8-17)34(28,29)26-11-13-31-14-12-26/h2-10,15H,11-14H2,1H3,(H2,24,25,32). The molecule has 2 N–H and O–H groups in total. The SMILES string of the molecule is COC(=O)c1cc(-c2ccccc2)sc1NC(=S)Nc1ccc(S(=O)(=O)N2CCOCC2)cc1. The lowest BCUT2D eigenvalue weighted by molar-refractivity contribution is 0.0602. The molecular weight excluding hydrogens is 494 g/mol. The number of thiocarbonyl (C=S) groups is 1. The van der Waals surface area contributed by atoms with Crippen molar-refractivity contribution in [3.8, 4) is 10.4 Å². The third-order valence-corrected chi connectivity index (χ3v) is 8.36. The minimum Gasteiger partial charge on any atom is -0.465 e. The summed E-state index contributed by atoms with van der Waals surface area (Å²) in [7, 11) is -2.24. The summed E-state index contributed by atoms with van der Waals surface area (Å²) in [6, 6.07) is 17.8. The molecule has 0 atom stereocenters. The van der Waals surface area contributed by atoms with E-state index < -0.39 is 16.0 Å². The van der Waals surface area contributed by atoms with Crippen LogP contribution >= 0.6 is 23.6 Å². The van der Waals surface area contributed by atoms with E-state index in [1.807, 2.05) is 30.3 Å². The molecule has 11 heteroatoms. The number of nitrogens with zero attached hydrogens (tertiary/aromatic N) is 1. The Balaban J connectivity index is 1.47. The Hall–Kier alpha value is -2.83. The Kier molecular flexibility index (Phi) is 7.59. The van der Waals surface area contributed by atoms with Gasteiger partial charge in [0.05, 0.1) is 30.8 Å². The number of carbonyl (C=O) groups is 1. The molecular formula is C23H23N3O5S3. The number of carbonyl (C=O) groups excluding carboxylic acids is 1. The number of anilines is 2. The summed E-state index contributed by atoms with van der Waals surface area (Å²) in [5.74, 6) is -0.471. The molecule has 0 unspecified atom stereocenters. The van der Waals surface area contributed by atoms with Crippen molar-refractivity contribution in [2.75, 3.05) is 44.0 Å². The highest BCUT2D eigenvalue weighted by Gasteiger charge is 2.26. The molecule has 8 nitrogen and oxygen atoms in total. The van der Waals surface area contributed by atoms with Gasteiger partial charge in [-0.2, -0.15) is 4.31 Å². The van der Waals surface area contributed by atoms with Gasteiger partial charge in [0.2, 0.25) is 10.0 Å². The Morgan fingerprint density at radius 2 is 1.74 bits per heavy atom. The van der Waals surface area contributed by atoms with Crippen molar-refractivity contribution in [3.63, 3.8) is 0 Å². The van der Waals surface area contributed by atoms with Gasteiger partial charge in [0.1, 0.15) is 5.00 Å². The maximum atomic E-state index is 12.8. The Labute approximate surface area is 207 Å². The molecule has 0 bridgehead atoms. The molecule has 2 aromatic carbocycles. The number of nitrogens with one attached hydrogen (secondary N) is 2. The van der Waals surface area contributed by atoms with Crippen LogP contribution in [0.15, 0.2) is 65.6 Å². The monoisotopic (exact) mass is 517 g/mol. The van der Waals surface area contributed by atoms with Crippen molar-refractivity contribution in [2.24, 2.45) is 0 Å². The van der Waals surface area contributed by atoms with Gasteiger partial charge >= 0.3 is 5.97 Å². The lowest BCUT2D eigenvalue weighted by Crippen LogP contribution is -2.40. The predicted octanol–water partition coefficient (Wildman–Crippen LogP) is 4.03. The molecule has 178 valence electrons. The van der Waals surface area contributed by atoms with Gasteiger partial charge in [0, 0.05) is 23.7 Å². The highest BCUT2D eigenvalue weighted by molar-refractivity contribution is 7.89. The molecule has 34 heavy (non-hydrogen) atoms. The third kappa shape index (κ3) is 5.45. The van der Waals surface area contributed by atoms with Crippen molar-refractivity contribution in [3.05, 3.63) is 66.2 Å². The molecule has 2 heterocycles. The first-order valence-corrected chi connectivity index (χ1v) is 13.1. The van der Waals surface area contributed by atoms with Crippen LogP contribution in [0.25, 0.3) is 10.4 Å². The number of hydrogen-bond donors (Lipinski definition) is 2. The zero-order chi connectivity index (χ0) is 24.1. The molecule has 1 saturated heterocycles. The molecule has 1 aliphatic heterocycles. The fourth-order valence-corrected chi connectivity index (χ4v) is 6.15. The Morgan fingerprint density at radius 3 is 2.38 bits per heavy atom. The Morgan fingerprint density at radius 1 is 1.06 bits per heavy atom. The lowest BCUT2D eigenvalue weighted by Gasteiger charge is -2.26. The number of benzene rings is 2. The number of rotatable bonds is 6. The maximum absolute atomic E-state index is 12.8. The van der Waals surface area contributed by atoms with E-state index in [1.165, 1.54) is 34.9 Å². The molecule has 1 aliphatic rings. The lowest BCUT2D eigenvalue weighted by atomic mass is 10.1. The van der Waals surface area contributed by atoms with Crippen LogP contribution in [-0.2, 0) is 19.5 Å². The van der Waals surface area contributed by atoms with E-state index >= 15 is 0 Å². The van der Waals surface area contributed by atoms with Gasteiger partial charge in [0.25, 0.3) is 0 Å². The molecule has 0 saturated carbocycles. The van der Waals surface area contributed by atoms with E-state index in [9.17, 15) is 13.2 Å². The van der Waals surface area contributed by atoms with Crippen LogP contribution in [-0.4, -0.2) is 57.2 Å². The van der Waals surface area contributed by atoms with Gasteiger partial charge in [-0.3, -0.25) is 0 Å². The van der Waals surface area contributed by atoms with Crippen LogP contribution in [0.2, 0.25) is 0 Å². The second-order valence-corrected chi connectivity index (χ2v) is 10.7. The molecule has 0 amide bonds. The number of morpholine rings is 1. The van der Waals surface area contributed by atoms with Crippen LogP contribution in [0.3, 0.4) is 0 Å². The molecule has 1 fully saturated rings. The largest absolute Gasteiger partial charge is 0.465 e. The topological polar surface area (TPSA) is 97.0 Å². The third-order valence-electron chi connectivity index (χ3n) is 5.14.